The van der Waals surface area contributed by atoms with Gasteiger partial charge in [-0.15, -0.1) is 0 Å². The van der Waals surface area contributed by atoms with E-state index in [9.17, 15) is 4.79 Å². The smallest absolute Gasteiger partial charge is 0.276 e. The predicted molar refractivity (Wildman–Crippen MR) is 135 cm³/mol. The van der Waals surface area contributed by atoms with Crippen LogP contribution in [0.15, 0.2) is 53.5 Å². The van der Waals surface area contributed by atoms with Crippen molar-refractivity contribution in [2.45, 2.75) is 58.0 Å². The van der Waals surface area contributed by atoms with Crippen molar-refractivity contribution in [1.82, 2.24) is 24.6 Å². The normalized spacial score (nSPS) is 16.0. The maximum atomic E-state index is 13.4. The number of pyridine rings is 2. The third-order valence-electron chi connectivity index (χ3n) is 6.74. The minimum Gasteiger partial charge on any atom is -0.340 e. The summed E-state index contributed by atoms with van der Waals surface area (Å²) < 4.78 is 3.88. The van der Waals surface area contributed by atoms with E-state index in [0.29, 0.717) is 11.0 Å². The first-order valence-corrected chi connectivity index (χ1v) is 12.1. The first-order chi connectivity index (χ1) is 16.4. The largest absolute Gasteiger partial charge is 0.340 e. The third-order valence-corrected chi connectivity index (χ3v) is 6.74. The Morgan fingerprint density at radius 3 is 2.71 bits per heavy atom. The highest BCUT2D eigenvalue weighted by Gasteiger charge is 2.31. The van der Waals surface area contributed by atoms with Crippen molar-refractivity contribution in [3.05, 3.63) is 75.8 Å². The van der Waals surface area contributed by atoms with Gasteiger partial charge in [0.05, 0.1) is 17.1 Å². The summed E-state index contributed by atoms with van der Waals surface area (Å²) in [6.07, 6.45) is 4.89. The molecule has 2 aliphatic rings. The molecule has 34 heavy (non-hydrogen) atoms. The van der Waals surface area contributed by atoms with Gasteiger partial charge in [-0.1, -0.05) is 26.8 Å². The lowest BCUT2D eigenvalue weighted by molar-refractivity contribution is 0.549. The van der Waals surface area contributed by atoms with Gasteiger partial charge in [0, 0.05) is 29.5 Å². The van der Waals surface area contributed by atoms with Crippen LogP contribution in [-0.4, -0.2) is 25.9 Å². The Balaban J connectivity index is 1.46. The minimum absolute atomic E-state index is 0.0203. The van der Waals surface area contributed by atoms with E-state index >= 15 is 0 Å². The summed E-state index contributed by atoms with van der Waals surface area (Å²) in [5.74, 6) is 0.730. The Hall–Kier alpha value is -3.45. The topological polar surface area (TPSA) is 76.8 Å². The lowest BCUT2D eigenvalue weighted by Crippen LogP contribution is -2.23. The Kier molecular flexibility index (Phi) is 4.85. The molecule has 0 unspecified atom stereocenters. The molecule has 0 radical (unpaired) electrons. The van der Waals surface area contributed by atoms with Gasteiger partial charge in [0.15, 0.2) is 5.65 Å². The van der Waals surface area contributed by atoms with Crippen LogP contribution in [-0.2, 0) is 18.4 Å². The molecule has 3 aromatic heterocycles. The quantitative estimate of drug-likeness (QED) is 0.471. The molecule has 174 valence electrons. The van der Waals surface area contributed by atoms with E-state index in [1.54, 1.807) is 0 Å². The van der Waals surface area contributed by atoms with Crippen molar-refractivity contribution in [2.75, 3.05) is 11.9 Å². The van der Waals surface area contributed by atoms with Gasteiger partial charge in [-0.3, -0.25) is 9.78 Å². The summed E-state index contributed by atoms with van der Waals surface area (Å²) in [6.45, 7) is 8.37. The maximum absolute atomic E-state index is 13.4. The molecule has 4 aromatic rings. The van der Waals surface area contributed by atoms with E-state index < -0.39 is 0 Å². The van der Waals surface area contributed by atoms with Crippen molar-refractivity contribution < 1.29 is 0 Å². The second-order valence-corrected chi connectivity index (χ2v) is 10.4. The lowest BCUT2D eigenvalue weighted by Gasteiger charge is -2.19. The molecule has 1 aliphatic heterocycles. The molecule has 0 bridgehead atoms. The van der Waals surface area contributed by atoms with Gasteiger partial charge in [0.1, 0.15) is 5.82 Å². The fourth-order valence-corrected chi connectivity index (χ4v) is 4.72. The summed E-state index contributed by atoms with van der Waals surface area (Å²) in [7, 11) is 0. The van der Waals surface area contributed by atoms with Crippen LogP contribution >= 0.6 is 0 Å². The number of rotatable bonds is 4. The van der Waals surface area contributed by atoms with Gasteiger partial charge >= 0.3 is 0 Å². The summed E-state index contributed by atoms with van der Waals surface area (Å²) in [5.41, 5.74) is 6.25. The van der Waals surface area contributed by atoms with Gasteiger partial charge in [-0.05, 0) is 73.3 Å². The van der Waals surface area contributed by atoms with Crippen molar-refractivity contribution in [3.8, 4) is 5.69 Å². The molecule has 4 heterocycles. The van der Waals surface area contributed by atoms with Crippen molar-refractivity contribution in [2.24, 2.45) is 0 Å². The fourth-order valence-electron chi connectivity index (χ4n) is 4.72. The Bertz CT molecular complexity index is 1450. The minimum atomic E-state index is -0.0915. The van der Waals surface area contributed by atoms with Gasteiger partial charge in [0.2, 0.25) is 0 Å². The number of nitrogens with zero attached hydrogens (tertiary/aromatic N) is 4. The van der Waals surface area contributed by atoms with Crippen LogP contribution in [0, 0.1) is 0 Å². The molecule has 0 amide bonds. The molecule has 1 fully saturated rings. The number of benzene rings is 1. The number of hydrogen-bond acceptors (Lipinski definition) is 5. The summed E-state index contributed by atoms with van der Waals surface area (Å²) in [4.78, 5) is 22.9. The Morgan fingerprint density at radius 1 is 1.06 bits per heavy atom. The average molecular weight is 455 g/mol. The number of anilines is 2. The molecular formula is C27H30N6O. The van der Waals surface area contributed by atoms with Crippen LogP contribution in [0.4, 0.5) is 11.5 Å². The zero-order valence-corrected chi connectivity index (χ0v) is 19.9. The lowest BCUT2D eigenvalue weighted by atomic mass is 9.91. The second kappa shape index (κ2) is 7.81. The van der Waals surface area contributed by atoms with Crippen molar-refractivity contribution in [1.29, 1.82) is 0 Å². The highest BCUT2D eigenvalue weighted by molar-refractivity contribution is 5.79. The molecule has 7 nitrogen and oxygen atoms in total. The highest BCUT2D eigenvalue weighted by atomic mass is 16.1. The highest BCUT2D eigenvalue weighted by Crippen LogP contribution is 2.36. The fraction of sp³-hybridized carbons (Fsp3) is 0.370. The van der Waals surface area contributed by atoms with Gasteiger partial charge in [-0.2, -0.15) is 0 Å². The van der Waals surface area contributed by atoms with Gasteiger partial charge in [0.25, 0.3) is 5.56 Å². The Morgan fingerprint density at radius 2 is 1.91 bits per heavy atom. The standard InChI is InChI=1S/C27H30N6O/c1-27(2,3)23-15-21(11-13-29-23)32-25-22(26(34)33(32)20-6-7-20)8-9-24(31-25)30-19-5-4-18-16-28-12-10-17(18)14-19/h4-5,8-9,11,13-15,20,28H,6-7,10,12,16H2,1-3H3,(H,30,31). The number of nitrogens with one attached hydrogen (secondary N) is 2. The number of fused-ring (bicyclic) bond motifs is 2. The molecule has 1 aromatic carbocycles. The molecule has 2 N–H and O–H groups in total. The van der Waals surface area contributed by atoms with E-state index in [2.05, 4.69) is 60.7 Å². The monoisotopic (exact) mass is 454 g/mol. The van der Waals surface area contributed by atoms with E-state index in [4.69, 9.17) is 4.98 Å². The molecule has 0 atom stereocenters. The summed E-state index contributed by atoms with van der Waals surface area (Å²) in [6, 6.07) is 14.5. The van der Waals surface area contributed by atoms with Crippen LogP contribution in [0.2, 0.25) is 0 Å². The van der Waals surface area contributed by atoms with E-state index in [1.807, 2.05) is 33.8 Å². The summed E-state index contributed by atoms with van der Waals surface area (Å²) >= 11 is 0. The molecule has 0 saturated heterocycles. The molecular weight excluding hydrogens is 424 g/mol. The maximum Gasteiger partial charge on any atom is 0.276 e. The molecule has 6 rings (SSSR count). The Labute approximate surface area is 198 Å². The third kappa shape index (κ3) is 3.70. The van der Waals surface area contributed by atoms with E-state index in [0.717, 1.165) is 55.2 Å². The molecule has 1 saturated carbocycles. The predicted octanol–water partition coefficient (Wildman–Crippen LogP) is 4.60. The van der Waals surface area contributed by atoms with Crippen LogP contribution in [0.3, 0.4) is 0 Å². The van der Waals surface area contributed by atoms with Crippen LogP contribution in [0.25, 0.3) is 16.7 Å². The number of aromatic nitrogens is 4. The zero-order chi connectivity index (χ0) is 23.4. The van der Waals surface area contributed by atoms with Gasteiger partial charge < -0.3 is 10.6 Å². The molecule has 0 spiro atoms. The van der Waals surface area contributed by atoms with Crippen molar-refractivity contribution in [3.63, 3.8) is 0 Å². The average Bonchev–Trinajstić information content (AvgIpc) is 3.62. The van der Waals surface area contributed by atoms with Crippen LogP contribution in [0.1, 0.15) is 56.5 Å². The summed E-state index contributed by atoms with van der Waals surface area (Å²) in [5, 5.41) is 7.52. The molecule has 7 heteroatoms. The SMILES string of the molecule is CC(C)(C)c1cc(-n2c3nc(Nc4ccc5c(c4)CCNC5)ccc3c(=O)n2C2CC2)ccn1. The van der Waals surface area contributed by atoms with Crippen LogP contribution < -0.4 is 16.2 Å². The molecule has 1 aliphatic carbocycles. The number of hydrogen-bond donors (Lipinski definition) is 2. The van der Waals surface area contributed by atoms with E-state index in [1.165, 1.54) is 11.1 Å². The van der Waals surface area contributed by atoms with Crippen LogP contribution in [0.5, 0.6) is 0 Å². The first kappa shape index (κ1) is 21.1. The second-order valence-electron chi connectivity index (χ2n) is 10.4. The van der Waals surface area contributed by atoms with Gasteiger partial charge in [-0.25, -0.2) is 14.3 Å². The first-order valence-electron chi connectivity index (χ1n) is 12.1. The van der Waals surface area contributed by atoms with Crippen molar-refractivity contribution >= 4 is 22.5 Å². The van der Waals surface area contributed by atoms with E-state index in [-0.39, 0.29) is 17.0 Å². The zero-order valence-electron chi connectivity index (χ0n) is 19.9.